The fourth-order valence-electron chi connectivity index (χ4n) is 3.88. The maximum atomic E-state index is 13.7. The van der Waals surface area contributed by atoms with Crippen molar-refractivity contribution in [3.05, 3.63) is 58.5 Å². The Bertz CT molecular complexity index is 1120. The first-order valence-electron chi connectivity index (χ1n) is 12.0. The van der Waals surface area contributed by atoms with Crippen molar-refractivity contribution in [1.82, 2.24) is 4.98 Å². The Morgan fingerprint density at radius 1 is 1.08 bits per heavy atom. The summed E-state index contributed by atoms with van der Waals surface area (Å²) in [6.07, 6.45) is 1.14. The van der Waals surface area contributed by atoms with Crippen molar-refractivity contribution in [3.63, 3.8) is 0 Å². The van der Waals surface area contributed by atoms with Gasteiger partial charge in [-0.1, -0.05) is 39.8 Å². The number of rotatable bonds is 11. The van der Waals surface area contributed by atoms with Gasteiger partial charge >= 0.3 is 11.9 Å². The van der Waals surface area contributed by atoms with Crippen LogP contribution < -0.4 is 0 Å². The van der Waals surface area contributed by atoms with Crippen molar-refractivity contribution >= 4 is 23.8 Å². The number of benzene rings is 1. The smallest absolute Gasteiger partial charge is 0.340 e. The van der Waals surface area contributed by atoms with Crippen molar-refractivity contribution in [2.45, 2.75) is 65.4 Å². The summed E-state index contributed by atoms with van der Waals surface area (Å²) in [5, 5.41) is 10.5. The largest absolute Gasteiger partial charge is 0.469 e. The van der Waals surface area contributed by atoms with Gasteiger partial charge in [-0.15, -0.1) is 0 Å². The molecular weight excluding hydrogens is 465 g/mol. The van der Waals surface area contributed by atoms with Crippen molar-refractivity contribution in [1.29, 1.82) is 0 Å². The summed E-state index contributed by atoms with van der Waals surface area (Å²) >= 11 is 0. The van der Waals surface area contributed by atoms with Crippen LogP contribution in [0.5, 0.6) is 0 Å². The molecule has 0 aliphatic carbocycles. The molecule has 0 fully saturated rings. The number of nitrogens with zero attached hydrogens (tertiary/aromatic N) is 1. The summed E-state index contributed by atoms with van der Waals surface area (Å²) in [4.78, 5) is 41.3. The summed E-state index contributed by atoms with van der Waals surface area (Å²) in [5.74, 6) is -2.28. The Labute approximate surface area is 211 Å². The fraction of sp³-hybridized carbons (Fsp3) is 0.429. The van der Waals surface area contributed by atoms with Gasteiger partial charge in [0.05, 0.1) is 36.8 Å². The van der Waals surface area contributed by atoms with E-state index in [1.54, 1.807) is 25.1 Å². The van der Waals surface area contributed by atoms with Crippen LogP contribution in [0.1, 0.15) is 86.5 Å². The second kappa shape index (κ2) is 13.1. The monoisotopic (exact) mass is 499 g/mol. The van der Waals surface area contributed by atoms with Crippen molar-refractivity contribution in [3.8, 4) is 11.3 Å². The third-order valence-electron chi connectivity index (χ3n) is 5.52. The summed E-state index contributed by atoms with van der Waals surface area (Å²) in [6.45, 7) is 9.64. The predicted octanol–water partition coefficient (Wildman–Crippen LogP) is 5.21. The summed E-state index contributed by atoms with van der Waals surface area (Å²) in [7, 11) is 1.19. The van der Waals surface area contributed by atoms with E-state index in [9.17, 15) is 23.9 Å². The van der Waals surface area contributed by atoms with E-state index >= 15 is 0 Å². The molecule has 1 aromatic heterocycles. The Balaban J connectivity index is 2.72. The van der Waals surface area contributed by atoms with Gasteiger partial charge in [-0.25, -0.2) is 9.18 Å². The number of carbonyl (C=O) groups excluding carboxylic acids is 3. The first-order chi connectivity index (χ1) is 17.0. The number of ether oxygens (including phenoxy) is 2. The van der Waals surface area contributed by atoms with Crippen LogP contribution in [0.3, 0.4) is 0 Å². The molecule has 0 saturated carbocycles. The topological polar surface area (TPSA) is 103 Å². The molecule has 0 bridgehead atoms. The van der Waals surface area contributed by atoms with Crippen LogP contribution in [0, 0.1) is 5.82 Å². The van der Waals surface area contributed by atoms with E-state index in [0.717, 1.165) is 0 Å². The maximum Gasteiger partial charge on any atom is 0.340 e. The molecule has 0 spiro atoms. The highest BCUT2D eigenvalue weighted by molar-refractivity contribution is 5.96. The number of hydrogen-bond donors (Lipinski definition) is 1. The lowest BCUT2D eigenvalue weighted by Gasteiger charge is -2.23. The maximum absolute atomic E-state index is 13.7. The van der Waals surface area contributed by atoms with Gasteiger partial charge in [0, 0.05) is 17.5 Å². The van der Waals surface area contributed by atoms with Gasteiger partial charge in [0.15, 0.2) is 0 Å². The lowest BCUT2D eigenvalue weighted by atomic mass is 9.85. The number of halogens is 1. The molecule has 8 heteroatoms. The second-order valence-electron chi connectivity index (χ2n) is 9.01. The molecule has 2 rings (SSSR count). The molecule has 1 N–H and O–H groups in total. The van der Waals surface area contributed by atoms with Gasteiger partial charge in [0.1, 0.15) is 18.0 Å². The Hall–Kier alpha value is -3.39. The van der Waals surface area contributed by atoms with E-state index in [4.69, 9.17) is 9.72 Å². The average molecular weight is 500 g/mol. The summed E-state index contributed by atoms with van der Waals surface area (Å²) in [5.41, 5.74) is 3.30. The molecular formula is C28H34FNO6. The van der Waals surface area contributed by atoms with Gasteiger partial charge in [0.25, 0.3) is 0 Å². The first-order valence-corrected chi connectivity index (χ1v) is 12.0. The molecule has 36 heavy (non-hydrogen) atoms. The minimum absolute atomic E-state index is 0.110. The molecule has 1 aromatic carbocycles. The lowest BCUT2D eigenvalue weighted by Crippen LogP contribution is -2.18. The molecule has 7 nitrogen and oxygen atoms in total. The SMILES string of the molecule is CCOC(=O)c1c(C(C)C)nc(-c2ccc(F)cc2)c(/C=C/C(O)CC(=O)CC(=O)OC)c1C(C)C. The third kappa shape index (κ3) is 7.31. The Morgan fingerprint density at radius 3 is 2.25 bits per heavy atom. The molecule has 0 aliphatic heterocycles. The zero-order valence-electron chi connectivity index (χ0n) is 21.6. The van der Waals surface area contributed by atoms with E-state index in [2.05, 4.69) is 4.74 Å². The number of Topliss-reactive ketones (excluding diaryl/α,β-unsaturated/α-hetero) is 1. The van der Waals surface area contributed by atoms with Crippen LogP contribution in [0.2, 0.25) is 0 Å². The van der Waals surface area contributed by atoms with E-state index in [1.165, 1.54) is 25.3 Å². The van der Waals surface area contributed by atoms with Gasteiger partial charge in [-0.3, -0.25) is 14.6 Å². The molecule has 0 saturated heterocycles. The van der Waals surface area contributed by atoms with Crippen LogP contribution >= 0.6 is 0 Å². The Morgan fingerprint density at radius 2 is 1.72 bits per heavy atom. The molecule has 2 aromatic rings. The fourth-order valence-corrected chi connectivity index (χ4v) is 3.88. The normalized spacial score (nSPS) is 12.3. The molecule has 194 valence electrons. The molecule has 1 atom stereocenters. The molecule has 0 aliphatic rings. The van der Waals surface area contributed by atoms with E-state index in [1.807, 2.05) is 27.7 Å². The number of aromatic nitrogens is 1. The van der Waals surface area contributed by atoms with Crippen LogP contribution in [-0.2, 0) is 19.1 Å². The number of hydrogen-bond acceptors (Lipinski definition) is 7. The van der Waals surface area contributed by atoms with E-state index < -0.39 is 36.1 Å². The standard InChI is InChI=1S/C28H34FNO6/c1-7-36-28(34)25-24(16(2)3)22(13-12-20(31)14-21(32)15-23(33)35-6)27(30-26(25)17(4)5)18-8-10-19(29)11-9-18/h8-13,16-17,20,31H,7,14-15H2,1-6H3/b13-12+. The van der Waals surface area contributed by atoms with Crippen molar-refractivity contribution in [2.24, 2.45) is 0 Å². The Kier molecular flexibility index (Phi) is 10.5. The minimum Gasteiger partial charge on any atom is -0.469 e. The van der Waals surface area contributed by atoms with Crippen LogP contribution in [0.25, 0.3) is 17.3 Å². The number of methoxy groups -OCH3 is 1. The molecule has 0 amide bonds. The van der Waals surface area contributed by atoms with Gasteiger partial charge < -0.3 is 14.6 Å². The van der Waals surface area contributed by atoms with E-state index in [0.29, 0.717) is 33.6 Å². The molecule has 0 radical (unpaired) electrons. The molecule has 1 heterocycles. The van der Waals surface area contributed by atoms with Gasteiger partial charge in [-0.05, 0) is 48.6 Å². The van der Waals surface area contributed by atoms with Crippen molar-refractivity contribution in [2.75, 3.05) is 13.7 Å². The highest BCUT2D eigenvalue weighted by Crippen LogP contribution is 2.37. The average Bonchev–Trinajstić information content (AvgIpc) is 2.81. The minimum atomic E-state index is -1.18. The number of aliphatic hydroxyl groups is 1. The number of esters is 2. The lowest BCUT2D eigenvalue weighted by molar-refractivity contribution is -0.143. The summed E-state index contributed by atoms with van der Waals surface area (Å²) < 4.78 is 23.5. The quantitative estimate of drug-likeness (QED) is 0.334. The van der Waals surface area contributed by atoms with Crippen LogP contribution in [0.15, 0.2) is 30.3 Å². The zero-order valence-corrected chi connectivity index (χ0v) is 21.6. The third-order valence-corrected chi connectivity index (χ3v) is 5.52. The van der Waals surface area contributed by atoms with Crippen LogP contribution in [-0.4, -0.2) is 47.6 Å². The summed E-state index contributed by atoms with van der Waals surface area (Å²) in [6, 6.07) is 5.86. The first kappa shape index (κ1) is 28.8. The number of ketones is 1. The highest BCUT2D eigenvalue weighted by Gasteiger charge is 2.28. The predicted molar refractivity (Wildman–Crippen MR) is 135 cm³/mol. The van der Waals surface area contributed by atoms with Crippen LogP contribution in [0.4, 0.5) is 4.39 Å². The van der Waals surface area contributed by atoms with E-state index in [-0.39, 0.29) is 24.9 Å². The zero-order chi connectivity index (χ0) is 27.0. The number of carbonyl (C=O) groups is 3. The molecule has 1 unspecified atom stereocenters. The number of pyridine rings is 1. The second-order valence-corrected chi connectivity index (χ2v) is 9.01. The number of aliphatic hydroxyl groups excluding tert-OH is 1. The van der Waals surface area contributed by atoms with Crippen molar-refractivity contribution < 1.29 is 33.4 Å². The highest BCUT2D eigenvalue weighted by atomic mass is 19.1. The van der Waals surface area contributed by atoms with Gasteiger partial charge in [0.2, 0.25) is 0 Å². The van der Waals surface area contributed by atoms with Gasteiger partial charge in [-0.2, -0.15) is 0 Å².